The van der Waals surface area contributed by atoms with Gasteiger partial charge in [0.1, 0.15) is 0 Å². The molecule has 0 heterocycles. The lowest BCUT2D eigenvalue weighted by Crippen LogP contribution is -2.35. The van der Waals surface area contributed by atoms with Gasteiger partial charge in [-0.25, -0.2) is 0 Å². The Labute approximate surface area is 144 Å². The Morgan fingerprint density at radius 2 is 1.81 bits per heavy atom. The van der Waals surface area contributed by atoms with E-state index in [0.29, 0.717) is 0 Å². The maximum Gasteiger partial charge on any atom is 0.0545 e. The molecule has 2 aromatic rings. The normalized spacial score (nSPS) is 11.7. The van der Waals surface area contributed by atoms with Gasteiger partial charge in [-0.3, -0.25) is 0 Å². The highest BCUT2D eigenvalue weighted by Gasteiger charge is 2.12. The van der Waals surface area contributed by atoms with E-state index in [0.717, 1.165) is 20.9 Å². The molecule has 0 aliphatic rings. The Kier molecular flexibility index (Phi) is 5.78. The van der Waals surface area contributed by atoms with Gasteiger partial charge in [-0.05, 0) is 56.7 Å². The molecule has 0 bridgehead atoms. The SMILES string of the molecule is CC(C)(C)NCc1cc(Br)ccc1Sc1ccccc1Cl. The fourth-order valence-corrected chi connectivity index (χ4v) is 3.40. The Hall–Kier alpha value is -0.480. The molecule has 0 aliphatic carbocycles. The molecular weight excluding hydrogens is 366 g/mol. The Morgan fingerprint density at radius 1 is 1.10 bits per heavy atom. The lowest BCUT2D eigenvalue weighted by Gasteiger charge is -2.22. The molecule has 0 atom stereocenters. The highest BCUT2D eigenvalue weighted by atomic mass is 79.9. The van der Waals surface area contributed by atoms with Crippen molar-refractivity contribution in [3.05, 3.63) is 57.5 Å². The van der Waals surface area contributed by atoms with Crippen LogP contribution in [0, 0.1) is 0 Å². The third kappa shape index (κ3) is 5.33. The van der Waals surface area contributed by atoms with E-state index in [-0.39, 0.29) is 5.54 Å². The zero-order valence-corrected chi connectivity index (χ0v) is 15.6. The van der Waals surface area contributed by atoms with Crippen LogP contribution in [0.5, 0.6) is 0 Å². The van der Waals surface area contributed by atoms with Crippen molar-refractivity contribution in [2.24, 2.45) is 0 Å². The second kappa shape index (κ2) is 7.19. The fraction of sp³-hybridized carbons (Fsp3) is 0.294. The molecular formula is C17H19BrClNS. The molecule has 0 saturated carbocycles. The van der Waals surface area contributed by atoms with E-state index >= 15 is 0 Å². The Morgan fingerprint density at radius 3 is 2.48 bits per heavy atom. The monoisotopic (exact) mass is 383 g/mol. The van der Waals surface area contributed by atoms with Crippen LogP contribution >= 0.6 is 39.3 Å². The summed E-state index contributed by atoms with van der Waals surface area (Å²) >= 11 is 11.5. The minimum atomic E-state index is 0.0919. The van der Waals surface area contributed by atoms with Crippen LogP contribution in [0.3, 0.4) is 0 Å². The number of nitrogens with one attached hydrogen (secondary N) is 1. The summed E-state index contributed by atoms with van der Waals surface area (Å²) in [5.41, 5.74) is 1.36. The van der Waals surface area contributed by atoms with Crippen molar-refractivity contribution in [3.63, 3.8) is 0 Å². The van der Waals surface area contributed by atoms with E-state index < -0.39 is 0 Å². The quantitative estimate of drug-likeness (QED) is 0.679. The second-order valence-corrected chi connectivity index (χ2v) is 8.29. The number of benzene rings is 2. The lowest BCUT2D eigenvalue weighted by molar-refractivity contribution is 0.422. The molecule has 0 radical (unpaired) electrons. The van der Waals surface area contributed by atoms with Gasteiger partial charge >= 0.3 is 0 Å². The topological polar surface area (TPSA) is 12.0 Å². The lowest BCUT2D eigenvalue weighted by atomic mass is 10.1. The molecule has 2 rings (SSSR count). The van der Waals surface area contributed by atoms with Crippen molar-refractivity contribution in [1.82, 2.24) is 5.32 Å². The number of rotatable bonds is 4. The van der Waals surface area contributed by atoms with E-state index in [1.165, 1.54) is 10.5 Å². The van der Waals surface area contributed by atoms with E-state index in [2.05, 4.69) is 66.3 Å². The van der Waals surface area contributed by atoms with Gasteiger partial charge in [0.2, 0.25) is 0 Å². The molecule has 4 heteroatoms. The molecule has 0 amide bonds. The average molecular weight is 385 g/mol. The van der Waals surface area contributed by atoms with Gasteiger partial charge in [-0.2, -0.15) is 0 Å². The van der Waals surface area contributed by atoms with Gasteiger partial charge in [0.05, 0.1) is 5.02 Å². The van der Waals surface area contributed by atoms with E-state index in [1.54, 1.807) is 11.8 Å². The summed E-state index contributed by atoms with van der Waals surface area (Å²) in [5, 5.41) is 4.33. The van der Waals surface area contributed by atoms with E-state index in [9.17, 15) is 0 Å². The van der Waals surface area contributed by atoms with Crippen LogP contribution in [0.15, 0.2) is 56.7 Å². The summed E-state index contributed by atoms with van der Waals surface area (Å²) < 4.78 is 1.09. The summed E-state index contributed by atoms with van der Waals surface area (Å²) in [5.74, 6) is 0. The van der Waals surface area contributed by atoms with Gasteiger partial charge in [0.15, 0.2) is 0 Å². The summed E-state index contributed by atoms with van der Waals surface area (Å²) in [6.45, 7) is 7.35. The minimum Gasteiger partial charge on any atom is -0.308 e. The highest BCUT2D eigenvalue weighted by Crippen LogP contribution is 2.36. The van der Waals surface area contributed by atoms with Crippen molar-refractivity contribution >= 4 is 39.3 Å². The Balaban J connectivity index is 2.25. The largest absolute Gasteiger partial charge is 0.308 e. The molecule has 0 unspecified atom stereocenters. The summed E-state index contributed by atoms with van der Waals surface area (Å²) in [4.78, 5) is 2.31. The van der Waals surface area contributed by atoms with Gasteiger partial charge in [0.25, 0.3) is 0 Å². The summed E-state index contributed by atoms with van der Waals surface area (Å²) in [6, 6.07) is 14.3. The van der Waals surface area contributed by atoms with Crippen molar-refractivity contribution in [1.29, 1.82) is 0 Å². The van der Waals surface area contributed by atoms with Gasteiger partial charge < -0.3 is 5.32 Å². The van der Waals surface area contributed by atoms with Crippen LogP contribution in [-0.4, -0.2) is 5.54 Å². The molecule has 1 nitrogen and oxygen atoms in total. The molecule has 2 aromatic carbocycles. The van der Waals surface area contributed by atoms with Crippen molar-refractivity contribution < 1.29 is 0 Å². The first-order valence-electron chi connectivity index (χ1n) is 6.81. The van der Waals surface area contributed by atoms with Crippen LogP contribution in [0.2, 0.25) is 5.02 Å². The van der Waals surface area contributed by atoms with Crippen LogP contribution in [0.4, 0.5) is 0 Å². The maximum atomic E-state index is 6.26. The maximum absolute atomic E-state index is 6.26. The first-order valence-corrected chi connectivity index (χ1v) is 8.80. The third-order valence-electron chi connectivity index (χ3n) is 2.89. The molecule has 0 saturated heterocycles. The van der Waals surface area contributed by atoms with Crippen LogP contribution in [-0.2, 0) is 6.54 Å². The molecule has 1 N–H and O–H groups in total. The Bertz CT molecular complexity index is 622. The number of hydrogen-bond acceptors (Lipinski definition) is 2. The molecule has 0 fully saturated rings. The molecule has 21 heavy (non-hydrogen) atoms. The summed E-state index contributed by atoms with van der Waals surface area (Å²) in [7, 11) is 0. The zero-order valence-electron chi connectivity index (χ0n) is 12.4. The van der Waals surface area contributed by atoms with E-state index in [1.807, 2.05) is 18.2 Å². The zero-order chi connectivity index (χ0) is 15.5. The average Bonchev–Trinajstić information content (AvgIpc) is 2.40. The van der Waals surface area contributed by atoms with Gasteiger partial charge in [0, 0.05) is 26.3 Å². The van der Waals surface area contributed by atoms with Crippen LogP contribution < -0.4 is 5.32 Å². The van der Waals surface area contributed by atoms with Crippen molar-refractivity contribution in [2.75, 3.05) is 0 Å². The highest BCUT2D eigenvalue weighted by molar-refractivity contribution is 9.10. The second-order valence-electron chi connectivity index (χ2n) is 5.89. The fourth-order valence-electron chi connectivity index (χ4n) is 1.79. The molecule has 0 aromatic heterocycles. The van der Waals surface area contributed by atoms with Gasteiger partial charge in [-0.1, -0.05) is 51.4 Å². The minimum absolute atomic E-state index is 0.0919. The molecule has 0 spiro atoms. The first-order chi connectivity index (χ1) is 9.85. The van der Waals surface area contributed by atoms with Gasteiger partial charge in [-0.15, -0.1) is 0 Å². The smallest absolute Gasteiger partial charge is 0.0545 e. The molecule has 0 aliphatic heterocycles. The third-order valence-corrected chi connectivity index (χ3v) is 5.02. The van der Waals surface area contributed by atoms with Crippen LogP contribution in [0.25, 0.3) is 0 Å². The van der Waals surface area contributed by atoms with Crippen LogP contribution in [0.1, 0.15) is 26.3 Å². The predicted molar refractivity (Wildman–Crippen MR) is 96.3 cm³/mol. The number of halogens is 2. The first kappa shape index (κ1) is 16.9. The van der Waals surface area contributed by atoms with Crippen molar-refractivity contribution in [2.45, 2.75) is 42.6 Å². The summed E-state index contributed by atoms with van der Waals surface area (Å²) in [6.07, 6.45) is 0. The standard InChI is InChI=1S/C17H19BrClNS/c1-17(2,3)20-11-12-10-13(18)8-9-15(12)21-16-7-5-4-6-14(16)19/h4-10,20H,11H2,1-3H3. The van der Waals surface area contributed by atoms with E-state index in [4.69, 9.17) is 11.6 Å². The van der Waals surface area contributed by atoms with Crippen molar-refractivity contribution in [3.8, 4) is 0 Å². The number of hydrogen-bond donors (Lipinski definition) is 1. The predicted octanol–water partition coefficient (Wildman–Crippen LogP) is 6.14. The molecule has 112 valence electrons.